The number of hydroxylamine groups is 1. The summed E-state index contributed by atoms with van der Waals surface area (Å²) >= 11 is 0. The van der Waals surface area contributed by atoms with Crippen molar-refractivity contribution in [2.75, 3.05) is 9.96 Å². The van der Waals surface area contributed by atoms with Gasteiger partial charge in [0.25, 0.3) is 5.91 Å². The Kier molecular flexibility index (Phi) is 4.60. The summed E-state index contributed by atoms with van der Waals surface area (Å²) in [6, 6.07) is 22.4. The van der Waals surface area contributed by atoms with Crippen molar-refractivity contribution in [3.8, 4) is 0 Å². The molecule has 7 nitrogen and oxygen atoms in total. The fourth-order valence-electron chi connectivity index (χ4n) is 4.82. The van der Waals surface area contributed by atoms with Gasteiger partial charge < -0.3 is 4.42 Å². The highest BCUT2D eigenvalue weighted by molar-refractivity contribution is 6.23. The molecule has 4 aromatic rings. The third-order valence-electron chi connectivity index (χ3n) is 6.41. The maximum Gasteiger partial charge on any atom is 0.266 e. The zero-order valence-corrected chi connectivity index (χ0v) is 18.3. The highest BCUT2D eigenvalue weighted by Crippen LogP contribution is 2.47. The Hall–Kier alpha value is -4.23. The van der Waals surface area contributed by atoms with Gasteiger partial charge in [-0.25, -0.2) is 9.96 Å². The average molecular weight is 452 g/mol. The van der Waals surface area contributed by atoms with Gasteiger partial charge in [0, 0.05) is 0 Å². The number of fused-ring (bicyclic) bond motifs is 2. The molecule has 0 bridgehead atoms. The lowest BCUT2D eigenvalue weighted by Crippen LogP contribution is -2.38. The van der Waals surface area contributed by atoms with E-state index in [1.165, 1.54) is 11.3 Å². The number of hydrogen-bond donors (Lipinski definition) is 0. The standard InChI is InChI=1S/C27H20N2O5/c1-16-12-13-21-19(14-16)24(30)20(15-33-21)23-22-25(34-29(23)18-10-6-3-7-11-18)27(32)28(26(22)31)17-8-4-2-5-9-17/h2-15,22-23,25H,1H3/t22-,23-,25+/m1/s1. The van der Waals surface area contributed by atoms with Crippen LogP contribution in [0.1, 0.15) is 17.2 Å². The first-order valence-corrected chi connectivity index (χ1v) is 11.0. The molecule has 2 amide bonds. The highest BCUT2D eigenvalue weighted by atomic mass is 16.7. The van der Waals surface area contributed by atoms with Crippen LogP contribution in [0.4, 0.5) is 11.4 Å². The Labute approximate surface area is 194 Å². The minimum Gasteiger partial charge on any atom is -0.464 e. The summed E-state index contributed by atoms with van der Waals surface area (Å²) in [5, 5.41) is 1.92. The van der Waals surface area contributed by atoms with Crippen LogP contribution in [0.2, 0.25) is 0 Å². The maximum atomic E-state index is 13.7. The molecule has 1 aromatic heterocycles. The number of rotatable bonds is 3. The van der Waals surface area contributed by atoms with Gasteiger partial charge in [-0.15, -0.1) is 0 Å². The van der Waals surface area contributed by atoms with E-state index in [4.69, 9.17) is 9.25 Å². The predicted molar refractivity (Wildman–Crippen MR) is 126 cm³/mol. The van der Waals surface area contributed by atoms with Crippen molar-refractivity contribution in [2.45, 2.75) is 19.1 Å². The third kappa shape index (κ3) is 2.98. The van der Waals surface area contributed by atoms with E-state index >= 15 is 0 Å². The topological polar surface area (TPSA) is 80.1 Å². The van der Waals surface area contributed by atoms with Gasteiger partial charge in [0.15, 0.2) is 11.5 Å². The van der Waals surface area contributed by atoms with E-state index in [-0.39, 0.29) is 11.0 Å². The van der Waals surface area contributed by atoms with Crippen LogP contribution in [-0.4, -0.2) is 17.9 Å². The van der Waals surface area contributed by atoms with Crippen LogP contribution in [-0.2, 0) is 14.4 Å². The molecule has 0 saturated carbocycles. The SMILES string of the molecule is Cc1ccc2occ([C@@H]3[C@H]4C(=O)N(c5ccccc5)C(=O)[C@H]4ON3c3ccccc3)c(=O)c2c1. The molecule has 168 valence electrons. The van der Waals surface area contributed by atoms with E-state index in [2.05, 4.69) is 0 Å². The van der Waals surface area contributed by atoms with Crippen LogP contribution < -0.4 is 15.4 Å². The Balaban J connectivity index is 1.52. The number of anilines is 2. The number of carbonyl (C=O) groups excluding carboxylic acids is 2. The molecule has 2 aliphatic rings. The summed E-state index contributed by atoms with van der Waals surface area (Å²) < 4.78 is 5.81. The number of carbonyl (C=O) groups is 2. The van der Waals surface area contributed by atoms with Crippen LogP contribution in [0.15, 0.2) is 94.3 Å². The third-order valence-corrected chi connectivity index (χ3v) is 6.41. The summed E-state index contributed by atoms with van der Waals surface area (Å²) in [6.07, 6.45) is 0.334. The van der Waals surface area contributed by atoms with E-state index < -0.39 is 29.9 Å². The van der Waals surface area contributed by atoms with Crippen molar-refractivity contribution in [3.05, 3.63) is 106 Å². The number of amides is 2. The zero-order chi connectivity index (χ0) is 23.4. The summed E-state index contributed by atoms with van der Waals surface area (Å²) in [6.45, 7) is 1.90. The van der Waals surface area contributed by atoms with E-state index in [1.807, 2.05) is 49.4 Å². The lowest BCUT2D eigenvalue weighted by atomic mass is 9.90. The van der Waals surface area contributed by atoms with Gasteiger partial charge in [-0.05, 0) is 43.3 Å². The van der Waals surface area contributed by atoms with E-state index in [9.17, 15) is 14.4 Å². The summed E-state index contributed by atoms with van der Waals surface area (Å²) in [7, 11) is 0. The molecule has 3 aromatic carbocycles. The van der Waals surface area contributed by atoms with Gasteiger partial charge in [0.1, 0.15) is 23.8 Å². The minimum atomic E-state index is -1.05. The first-order valence-electron chi connectivity index (χ1n) is 11.0. The summed E-state index contributed by atoms with van der Waals surface area (Å²) in [5.41, 5.74) is 2.50. The first-order chi connectivity index (χ1) is 16.5. The van der Waals surface area contributed by atoms with Crippen LogP contribution in [0.5, 0.6) is 0 Å². The van der Waals surface area contributed by atoms with Crippen LogP contribution in [0.25, 0.3) is 11.0 Å². The number of hydrogen-bond acceptors (Lipinski definition) is 6. The van der Waals surface area contributed by atoms with Crippen molar-refractivity contribution in [2.24, 2.45) is 5.92 Å². The second-order valence-electron chi connectivity index (χ2n) is 8.53. The molecule has 2 fully saturated rings. The molecule has 0 unspecified atom stereocenters. The summed E-state index contributed by atoms with van der Waals surface area (Å²) in [4.78, 5) is 47.9. The van der Waals surface area contributed by atoms with Crippen molar-refractivity contribution < 1.29 is 18.8 Å². The molecule has 0 N–H and O–H groups in total. The second-order valence-corrected chi connectivity index (χ2v) is 8.53. The zero-order valence-electron chi connectivity index (χ0n) is 18.3. The Bertz CT molecular complexity index is 1480. The molecule has 0 aliphatic carbocycles. The van der Waals surface area contributed by atoms with Gasteiger partial charge in [-0.1, -0.05) is 48.0 Å². The maximum absolute atomic E-state index is 13.7. The first kappa shape index (κ1) is 20.4. The quantitative estimate of drug-likeness (QED) is 0.435. The average Bonchev–Trinajstić information content (AvgIpc) is 3.36. The number of benzene rings is 3. The van der Waals surface area contributed by atoms with Crippen molar-refractivity contribution in [1.29, 1.82) is 0 Å². The van der Waals surface area contributed by atoms with Gasteiger partial charge >= 0.3 is 0 Å². The van der Waals surface area contributed by atoms with E-state index in [1.54, 1.807) is 36.4 Å². The van der Waals surface area contributed by atoms with Crippen molar-refractivity contribution >= 4 is 34.2 Å². The van der Waals surface area contributed by atoms with Crippen LogP contribution >= 0.6 is 0 Å². The Morgan fingerprint density at radius 3 is 2.18 bits per heavy atom. The predicted octanol–water partition coefficient (Wildman–Crippen LogP) is 4.15. The molecular weight excluding hydrogens is 432 g/mol. The smallest absolute Gasteiger partial charge is 0.266 e. The number of para-hydroxylation sites is 2. The van der Waals surface area contributed by atoms with Crippen molar-refractivity contribution in [1.82, 2.24) is 0 Å². The van der Waals surface area contributed by atoms with Crippen LogP contribution in [0, 0.1) is 12.8 Å². The van der Waals surface area contributed by atoms with Gasteiger partial charge in [-0.3, -0.25) is 19.2 Å². The minimum absolute atomic E-state index is 0.251. The van der Waals surface area contributed by atoms with E-state index in [0.29, 0.717) is 22.3 Å². The van der Waals surface area contributed by atoms with Crippen molar-refractivity contribution in [3.63, 3.8) is 0 Å². The molecule has 6 rings (SSSR count). The van der Waals surface area contributed by atoms with E-state index in [0.717, 1.165) is 10.5 Å². The molecule has 0 spiro atoms. The largest absolute Gasteiger partial charge is 0.464 e. The highest BCUT2D eigenvalue weighted by Gasteiger charge is 2.61. The monoisotopic (exact) mass is 452 g/mol. The molecule has 34 heavy (non-hydrogen) atoms. The molecule has 0 radical (unpaired) electrons. The Morgan fingerprint density at radius 1 is 0.794 bits per heavy atom. The number of imide groups is 1. The number of aryl methyl sites for hydroxylation is 1. The summed E-state index contributed by atoms with van der Waals surface area (Å²) in [5.74, 6) is -1.77. The lowest BCUT2D eigenvalue weighted by Gasteiger charge is -2.28. The van der Waals surface area contributed by atoms with Gasteiger partial charge in [0.05, 0.1) is 22.3 Å². The molecule has 3 atom stereocenters. The Morgan fingerprint density at radius 2 is 1.47 bits per heavy atom. The second kappa shape index (κ2) is 7.67. The fourth-order valence-corrected chi connectivity index (χ4v) is 4.82. The van der Waals surface area contributed by atoms with Gasteiger partial charge in [0.2, 0.25) is 5.91 Å². The lowest BCUT2D eigenvalue weighted by molar-refractivity contribution is -0.126. The molecule has 7 heteroatoms. The molecular formula is C27H20N2O5. The normalized spacial score (nSPS) is 22.0. The van der Waals surface area contributed by atoms with Gasteiger partial charge in [-0.2, -0.15) is 0 Å². The fraction of sp³-hybridized carbons (Fsp3) is 0.148. The number of nitrogens with zero attached hydrogens (tertiary/aromatic N) is 2. The molecule has 3 heterocycles. The van der Waals surface area contributed by atoms with Crippen LogP contribution in [0.3, 0.4) is 0 Å². The molecule has 2 aliphatic heterocycles. The molecule has 2 saturated heterocycles.